The minimum Gasteiger partial charge on any atom is -0.490 e. The van der Waals surface area contributed by atoms with Gasteiger partial charge in [0.2, 0.25) is 5.91 Å². The molecular weight excluding hydrogens is 359 g/mol. The first-order valence-electron chi connectivity index (χ1n) is 9.31. The maximum absolute atomic E-state index is 14.5. The number of rotatable bonds is 5. The molecule has 0 unspecified atom stereocenters. The Hall–Kier alpha value is -2.91. The summed E-state index contributed by atoms with van der Waals surface area (Å²) in [5, 5.41) is 12.3. The van der Waals surface area contributed by atoms with Crippen LogP contribution in [0.15, 0.2) is 42.5 Å². The van der Waals surface area contributed by atoms with Crippen molar-refractivity contribution in [2.45, 2.75) is 38.2 Å². The van der Waals surface area contributed by atoms with Crippen LogP contribution >= 0.6 is 0 Å². The molecule has 28 heavy (non-hydrogen) atoms. The van der Waals surface area contributed by atoms with Crippen molar-refractivity contribution in [1.29, 1.82) is 5.26 Å². The normalized spacial score (nSPS) is 15.7. The van der Waals surface area contributed by atoms with Gasteiger partial charge in [-0.2, -0.15) is 5.26 Å². The number of amides is 1. The molecule has 1 saturated heterocycles. The second-order valence-electron chi connectivity index (χ2n) is 7.12. The highest BCUT2D eigenvalue weighted by atomic mass is 19.1. The van der Waals surface area contributed by atoms with Gasteiger partial charge in [0.05, 0.1) is 17.1 Å². The fourth-order valence-electron chi connectivity index (χ4n) is 3.49. The zero-order valence-electron chi connectivity index (χ0n) is 16.0. The first-order valence-corrected chi connectivity index (χ1v) is 9.31. The summed E-state index contributed by atoms with van der Waals surface area (Å²) in [6, 6.07) is 13.4. The van der Waals surface area contributed by atoms with Gasteiger partial charge in [-0.25, -0.2) is 4.39 Å². The number of halogens is 1. The molecule has 6 heteroatoms. The van der Waals surface area contributed by atoms with E-state index in [1.165, 1.54) is 6.07 Å². The predicted octanol–water partition coefficient (Wildman–Crippen LogP) is 4.17. The molecule has 1 N–H and O–H groups in total. The highest BCUT2D eigenvalue weighted by Crippen LogP contribution is 2.38. The molecule has 3 rings (SSSR count). The summed E-state index contributed by atoms with van der Waals surface area (Å²) >= 11 is 0. The largest absolute Gasteiger partial charge is 0.490 e. The lowest BCUT2D eigenvalue weighted by atomic mass is 9.73. The molecule has 0 saturated carbocycles. The molecule has 1 heterocycles. The molecule has 0 spiro atoms. The lowest BCUT2D eigenvalue weighted by Crippen LogP contribution is -2.45. The van der Waals surface area contributed by atoms with E-state index >= 15 is 0 Å². The van der Waals surface area contributed by atoms with Crippen LogP contribution in [0.2, 0.25) is 0 Å². The van der Waals surface area contributed by atoms with Crippen molar-refractivity contribution in [3.8, 4) is 11.8 Å². The third-order valence-electron chi connectivity index (χ3n) is 4.89. The Labute approximate surface area is 164 Å². The monoisotopic (exact) mass is 382 g/mol. The zero-order chi connectivity index (χ0) is 20.1. The molecule has 0 aliphatic carbocycles. The van der Waals surface area contributed by atoms with E-state index in [1.807, 2.05) is 13.8 Å². The molecule has 5 nitrogen and oxygen atoms in total. The van der Waals surface area contributed by atoms with E-state index in [0.29, 0.717) is 48.6 Å². The van der Waals surface area contributed by atoms with Gasteiger partial charge in [-0.3, -0.25) is 4.79 Å². The first kappa shape index (κ1) is 19.8. The van der Waals surface area contributed by atoms with Crippen molar-refractivity contribution < 1.29 is 18.7 Å². The number of ether oxygens (including phenoxy) is 2. The molecule has 1 aliphatic rings. The van der Waals surface area contributed by atoms with Crippen LogP contribution in [0.1, 0.15) is 37.8 Å². The number of nitrogens with one attached hydrogen (secondary N) is 1. The van der Waals surface area contributed by atoms with Crippen LogP contribution in [-0.2, 0) is 14.9 Å². The summed E-state index contributed by atoms with van der Waals surface area (Å²) in [5.41, 5.74) is 0.165. The van der Waals surface area contributed by atoms with Crippen LogP contribution in [0, 0.1) is 17.1 Å². The van der Waals surface area contributed by atoms with Crippen molar-refractivity contribution in [3.63, 3.8) is 0 Å². The summed E-state index contributed by atoms with van der Waals surface area (Å²) in [6.07, 6.45) is 0.706. The second kappa shape index (κ2) is 8.41. The Kier molecular flexibility index (Phi) is 5.96. The number of benzene rings is 2. The van der Waals surface area contributed by atoms with Gasteiger partial charge in [0.1, 0.15) is 17.6 Å². The highest BCUT2D eigenvalue weighted by Gasteiger charge is 2.43. The van der Waals surface area contributed by atoms with E-state index in [2.05, 4.69) is 11.4 Å². The average molecular weight is 382 g/mol. The van der Waals surface area contributed by atoms with E-state index < -0.39 is 11.2 Å². The van der Waals surface area contributed by atoms with Gasteiger partial charge in [0.25, 0.3) is 0 Å². The molecule has 0 radical (unpaired) electrons. The van der Waals surface area contributed by atoms with Crippen LogP contribution < -0.4 is 10.1 Å². The van der Waals surface area contributed by atoms with Crippen molar-refractivity contribution in [2.75, 3.05) is 18.5 Å². The maximum Gasteiger partial charge on any atom is 0.235 e. The molecule has 146 valence electrons. The summed E-state index contributed by atoms with van der Waals surface area (Å²) in [6.45, 7) is 4.51. The molecule has 2 aromatic rings. The van der Waals surface area contributed by atoms with E-state index in [1.54, 1.807) is 36.4 Å². The number of anilines is 1. The smallest absolute Gasteiger partial charge is 0.235 e. The summed E-state index contributed by atoms with van der Waals surface area (Å²) in [5.74, 6) is -0.245. The number of carbonyl (C=O) groups is 1. The minimum absolute atomic E-state index is 0.0703. The summed E-state index contributed by atoms with van der Waals surface area (Å²) < 4.78 is 25.6. The Balaban J connectivity index is 1.91. The standard InChI is InChI=1S/C22H23FN2O3/c1-15(2)28-20-8-7-17(13-16(20)14-24)25-21(26)22(9-11-27-12-10-22)18-5-3-4-6-19(18)23/h3-8,13,15H,9-12H2,1-2H3,(H,25,26). The first-order chi connectivity index (χ1) is 13.5. The van der Waals surface area contributed by atoms with E-state index in [0.717, 1.165) is 0 Å². The average Bonchev–Trinajstić information content (AvgIpc) is 2.69. The lowest BCUT2D eigenvalue weighted by molar-refractivity contribution is -0.125. The zero-order valence-corrected chi connectivity index (χ0v) is 16.0. The van der Waals surface area contributed by atoms with Crippen molar-refractivity contribution in [2.24, 2.45) is 0 Å². The van der Waals surface area contributed by atoms with Crippen LogP contribution in [0.25, 0.3) is 0 Å². The molecule has 1 fully saturated rings. The van der Waals surface area contributed by atoms with Gasteiger partial charge in [-0.05, 0) is 51.0 Å². The molecule has 0 atom stereocenters. The highest BCUT2D eigenvalue weighted by molar-refractivity contribution is 5.99. The van der Waals surface area contributed by atoms with Crippen LogP contribution in [-0.4, -0.2) is 25.2 Å². The molecule has 0 aromatic heterocycles. The third-order valence-corrected chi connectivity index (χ3v) is 4.89. The molecule has 1 aliphatic heterocycles. The van der Waals surface area contributed by atoms with Gasteiger partial charge in [-0.1, -0.05) is 18.2 Å². The SMILES string of the molecule is CC(C)Oc1ccc(NC(=O)C2(c3ccccc3F)CCOCC2)cc1C#N. The summed E-state index contributed by atoms with van der Waals surface area (Å²) in [4.78, 5) is 13.3. The minimum atomic E-state index is -1.01. The van der Waals surface area contributed by atoms with Gasteiger partial charge in [0.15, 0.2) is 0 Å². The van der Waals surface area contributed by atoms with Gasteiger partial charge < -0.3 is 14.8 Å². The van der Waals surface area contributed by atoms with Gasteiger partial charge in [0, 0.05) is 24.5 Å². The Morgan fingerprint density at radius 2 is 1.96 bits per heavy atom. The van der Waals surface area contributed by atoms with Crippen LogP contribution in [0.4, 0.5) is 10.1 Å². The molecule has 0 bridgehead atoms. The number of hydrogen-bond acceptors (Lipinski definition) is 4. The predicted molar refractivity (Wildman–Crippen MR) is 104 cm³/mol. The third kappa shape index (κ3) is 4.00. The van der Waals surface area contributed by atoms with E-state index in [4.69, 9.17) is 9.47 Å². The number of nitrogens with zero attached hydrogens (tertiary/aromatic N) is 1. The van der Waals surface area contributed by atoms with E-state index in [9.17, 15) is 14.4 Å². The summed E-state index contributed by atoms with van der Waals surface area (Å²) in [7, 11) is 0. The molecule has 1 amide bonds. The Bertz CT molecular complexity index is 899. The fraction of sp³-hybridized carbons (Fsp3) is 0.364. The second-order valence-corrected chi connectivity index (χ2v) is 7.12. The number of carbonyl (C=O) groups excluding carboxylic acids is 1. The Morgan fingerprint density at radius 3 is 2.61 bits per heavy atom. The molecule has 2 aromatic carbocycles. The van der Waals surface area contributed by atoms with Crippen LogP contribution in [0.3, 0.4) is 0 Å². The number of hydrogen-bond donors (Lipinski definition) is 1. The van der Waals surface area contributed by atoms with Crippen molar-refractivity contribution in [1.82, 2.24) is 0 Å². The van der Waals surface area contributed by atoms with Crippen LogP contribution in [0.5, 0.6) is 5.75 Å². The van der Waals surface area contributed by atoms with Gasteiger partial charge >= 0.3 is 0 Å². The lowest BCUT2D eigenvalue weighted by Gasteiger charge is -2.36. The maximum atomic E-state index is 14.5. The number of nitriles is 1. The molecular formula is C22H23FN2O3. The fourth-order valence-corrected chi connectivity index (χ4v) is 3.49. The Morgan fingerprint density at radius 1 is 1.25 bits per heavy atom. The van der Waals surface area contributed by atoms with Crippen molar-refractivity contribution in [3.05, 3.63) is 59.4 Å². The van der Waals surface area contributed by atoms with E-state index in [-0.39, 0.29) is 12.0 Å². The van der Waals surface area contributed by atoms with Crippen molar-refractivity contribution >= 4 is 11.6 Å². The topological polar surface area (TPSA) is 71.3 Å². The van der Waals surface area contributed by atoms with Gasteiger partial charge in [-0.15, -0.1) is 0 Å². The quantitative estimate of drug-likeness (QED) is 0.842.